The quantitative estimate of drug-likeness (QED) is 0.855. The predicted octanol–water partition coefficient (Wildman–Crippen LogP) is 2.81. The van der Waals surface area contributed by atoms with Crippen LogP contribution in [-0.4, -0.2) is 16.8 Å². The molecule has 1 amide bonds. The van der Waals surface area contributed by atoms with Crippen molar-refractivity contribution in [3.05, 3.63) is 29.8 Å². The van der Waals surface area contributed by atoms with E-state index in [9.17, 15) is 4.79 Å². The smallest absolute Gasteiger partial charge is 0.226 e. The Kier molecular flexibility index (Phi) is 2.76. The Morgan fingerprint density at radius 2 is 1.85 bits per heavy atom. The van der Waals surface area contributed by atoms with Crippen molar-refractivity contribution in [2.45, 2.75) is 44.7 Å². The highest BCUT2D eigenvalue weighted by molar-refractivity contribution is 5.83. The van der Waals surface area contributed by atoms with Crippen LogP contribution in [0.2, 0.25) is 0 Å². The van der Waals surface area contributed by atoms with Crippen LogP contribution in [0.5, 0.6) is 0 Å². The molecule has 0 bridgehead atoms. The van der Waals surface area contributed by atoms with Gasteiger partial charge in [0.25, 0.3) is 0 Å². The molecule has 2 N–H and O–H groups in total. The first-order chi connectivity index (χ1) is 9.75. The minimum absolute atomic E-state index is 0.342. The van der Waals surface area contributed by atoms with E-state index >= 15 is 0 Å². The summed E-state index contributed by atoms with van der Waals surface area (Å²) < 4.78 is 0. The minimum atomic E-state index is 0.342. The van der Waals surface area contributed by atoms with Crippen molar-refractivity contribution in [3.63, 3.8) is 0 Å². The summed E-state index contributed by atoms with van der Waals surface area (Å²) >= 11 is 0. The van der Waals surface area contributed by atoms with Crippen molar-refractivity contribution in [2.75, 3.05) is 5.73 Å². The molecule has 3 saturated carbocycles. The summed E-state index contributed by atoms with van der Waals surface area (Å²) in [5, 5.41) is 0. The Hall–Kier alpha value is -1.51. The molecular weight excluding hydrogens is 248 g/mol. The van der Waals surface area contributed by atoms with Gasteiger partial charge < -0.3 is 10.6 Å². The second-order valence-electron chi connectivity index (χ2n) is 6.68. The Morgan fingerprint density at radius 1 is 1.15 bits per heavy atom. The third kappa shape index (κ3) is 2.00. The molecule has 3 aliphatic carbocycles. The molecule has 106 valence electrons. The number of hydrogen-bond donors (Lipinski definition) is 1. The average Bonchev–Trinajstić information content (AvgIpc) is 3.36. The lowest BCUT2D eigenvalue weighted by Gasteiger charge is -2.24. The first-order valence-electron chi connectivity index (χ1n) is 7.89. The molecule has 0 spiro atoms. The summed E-state index contributed by atoms with van der Waals surface area (Å²) in [6.45, 7) is 0.701. The van der Waals surface area contributed by atoms with Crippen molar-refractivity contribution >= 4 is 11.6 Å². The van der Waals surface area contributed by atoms with Crippen molar-refractivity contribution in [2.24, 2.45) is 17.8 Å². The molecule has 3 aliphatic rings. The fraction of sp³-hybridized carbons (Fsp3) is 0.588. The number of nitrogen functional groups attached to an aromatic ring is 1. The molecule has 0 heterocycles. The first-order valence-corrected chi connectivity index (χ1v) is 7.89. The van der Waals surface area contributed by atoms with Crippen LogP contribution in [0.1, 0.15) is 37.7 Å². The van der Waals surface area contributed by atoms with E-state index in [4.69, 9.17) is 5.73 Å². The number of nitrogens with two attached hydrogens (primary N) is 1. The molecule has 4 rings (SSSR count). The van der Waals surface area contributed by atoms with Gasteiger partial charge in [0.15, 0.2) is 0 Å². The van der Waals surface area contributed by atoms with Crippen molar-refractivity contribution < 1.29 is 4.79 Å². The van der Waals surface area contributed by atoms with E-state index in [-0.39, 0.29) is 0 Å². The molecule has 1 aromatic rings. The number of benzene rings is 1. The number of hydrogen-bond acceptors (Lipinski definition) is 2. The van der Waals surface area contributed by atoms with Gasteiger partial charge in [-0.3, -0.25) is 4.79 Å². The molecule has 3 fully saturated rings. The molecule has 2 atom stereocenters. The Balaban J connectivity index is 1.50. The highest BCUT2D eigenvalue weighted by atomic mass is 16.2. The van der Waals surface area contributed by atoms with Gasteiger partial charge in [-0.25, -0.2) is 0 Å². The summed E-state index contributed by atoms with van der Waals surface area (Å²) in [4.78, 5) is 14.9. The standard InChI is InChI=1S/C17H22N2O/c18-15-7-2-1-4-11(15)10-19(12-8-9-12)17(20)16-13-5-3-6-14(13)16/h1-2,4,7,12-14,16H,3,5-6,8-10,18H2. The van der Waals surface area contributed by atoms with Crippen molar-refractivity contribution in [1.82, 2.24) is 4.90 Å². The van der Waals surface area contributed by atoms with Crippen LogP contribution in [0.25, 0.3) is 0 Å². The van der Waals surface area contributed by atoms with E-state index in [0.717, 1.165) is 11.3 Å². The molecule has 0 radical (unpaired) electrons. The summed E-state index contributed by atoms with van der Waals surface area (Å²) in [7, 11) is 0. The zero-order valence-electron chi connectivity index (χ0n) is 11.8. The van der Waals surface area contributed by atoms with Gasteiger partial charge in [0.05, 0.1) is 0 Å². The number of fused-ring (bicyclic) bond motifs is 1. The molecule has 0 aromatic heterocycles. The van der Waals surface area contributed by atoms with Crippen molar-refractivity contribution in [3.8, 4) is 0 Å². The molecule has 20 heavy (non-hydrogen) atoms. The van der Waals surface area contributed by atoms with Gasteiger partial charge in [-0.2, -0.15) is 0 Å². The maximum absolute atomic E-state index is 12.8. The second kappa shape index (κ2) is 4.51. The van der Waals surface area contributed by atoms with Crippen LogP contribution >= 0.6 is 0 Å². The van der Waals surface area contributed by atoms with Crippen LogP contribution in [0.3, 0.4) is 0 Å². The monoisotopic (exact) mass is 270 g/mol. The summed E-state index contributed by atoms with van der Waals surface area (Å²) in [5.74, 6) is 2.16. The van der Waals surface area contributed by atoms with E-state index in [1.54, 1.807) is 0 Å². The van der Waals surface area contributed by atoms with E-state index in [1.165, 1.54) is 32.1 Å². The van der Waals surface area contributed by atoms with Crippen LogP contribution in [0.15, 0.2) is 24.3 Å². The van der Waals surface area contributed by atoms with Crippen molar-refractivity contribution in [1.29, 1.82) is 0 Å². The number of anilines is 1. The van der Waals surface area contributed by atoms with Crippen LogP contribution in [-0.2, 0) is 11.3 Å². The Bertz CT molecular complexity index is 528. The van der Waals surface area contributed by atoms with E-state index in [0.29, 0.717) is 36.2 Å². The maximum atomic E-state index is 12.8. The summed E-state index contributed by atoms with van der Waals surface area (Å²) in [5.41, 5.74) is 7.94. The molecule has 0 aliphatic heterocycles. The third-order valence-corrected chi connectivity index (χ3v) is 5.36. The fourth-order valence-corrected chi connectivity index (χ4v) is 4.01. The van der Waals surface area contributed by atoms with Crippen LogP contribution in [0.4, 0.5) is 5.69 Å². The Morgan fingerprint density at radius 3 is 2.50 bits per heavy atom. The number of carbonyl (C=O) groups is 1. The third-order valence-electron chi connectivity index (χ3n) is 5.36. The maximum Gasteiger partial charge on any atom is 0.226 e. The highest BCUT2D eigenvalue weighted by Crippen LogP contribution is 2.58. The fourth-order valence-electron chi connectivity index (χ4n) is 4.01. The average molecular weight is 270 g/mol. The molecule has 0 saturated heterocycles. The number of para-hydroxylation sites is 1. The van der Waals surface area contributed by atoms with Gasteiger partial charge in [-0.1, -0.05) is 24.6 Å². The summed E-state index contributed by atoms with van der Waals surface area (Å²) in [6, 6.07) is 8.41. The van der Waals surface area contributed by atoms with E-state index < -0.39 is 0 Å². The van der Waals surface area contributed by atoms with Gasteiger partial charge in [0.2, 0.25) is 5.91 Å². The molecule has 3 nitrogen and oxygen atoms in total. The number of amides is 1. The number of rotatable bonds is 4. The lowest BCUT2D eigenvalue weighted by molar-refractivity contribution is -0.134. The lowest BCUT2D eigenvalue weighted by atomic mass is 10.1. The Labute approximate surface area is 120 Å². The molecule has 2 unspecified atom stereocenters. The lowest BCUT2D eigenvalue weighted by Crippen LogP contribution is -2.35. The number of carbonyl (C=O) groups excluding carboxylic acids is 1. The highest BCUT2D eigenvalue weighted by Gasteiger charge is 2.58. The predicted molar refractivity (Wildman–Crippen MR) is 78.7 cm³/mol. The largest absolute Gasteiger partial charge is 0.398 e. The van der Waals surface area contributed by atoms with Gasteiger partial charge in [0.1, 0.15) is 0 Å². The molecule has 1 aromatic carbocycles. The normalized spacial score (nSPS) is 30.9. The zero-order chi connectivity index (χ0) is 13.7. The second-order valence-corrected chi connectivity index (χ2v) is 6.68. The molecular formula is C17H22N2O. The van der Waals surface area contributed by atoms with Gasteiger partial charge in [-0.15, -0.1) is 0 Å². The molecule has 3 heteroatoms. The SMILES string of the molecule is Nc1ccccc1CN(C(=O)C1C2CCCC21)C1CC1. The van der Waals surface area contributed by atoms with Crippen LogP contribution in [0, 0.1) is 17.8 Å². The van der Waals surface area contributed by atoms with E-state index in [1.807, 2.05) is 24.3 Å². The van der Waals surface area contributed by atoms with E-state index in [2.05, 4.69) is 4.90 Å². The topological polar surface area (TPSA) is 46.3 Å². The summed E-state index contributed by atoms with van der Waals surface area (Å²) in [6.07, 6.45) is 6.20. The van der Waals surface area contributed by atoms with Gasteiger partial charge >= 0.3 is 0 Å². The minimum Gasteiger partial charge on any atom is -0.398 e. The first kappa shape index (κ1) is 12.2. The van der Waals surface area contributed by atoms with Gasteiger partial charge in [-0.05, 0) is 49.1 Å². The van der Waals surface area contributed by atoms with Crippen LogP contribution < -0.4 is 5.73 Å². The number of nitrogens with zero attached hydrogens (tertiary/aromatic N) is 1. The van der Waals surface area contributed by atoms with Gasteiger partial charge in [0, 0.05) is 24.2 Å². The zero-order valence-corrected chi connectivity index (χ0v) is 11.8.